The van der Waals surface area contributed by atoms with Crippen LogP contribution < -0.4 is 14.8 Å². The molecule has 35 heavy (non-hydrogen) atoms. The number of aromatic nitrogens is 2. The number of carbonyl (C=O) groups is 1. The molecule has 190 valence electrons. The molecule has 1 aromatic carbocycles. The molecule has 9 nitrogen and oxygen atoms in total. The summed E-state index contributed by atoms with van der Waals surface area (Å²) in [4.78, 5) is 27.4. The number of nitrogens with one attached hydrogen (secondary N) is 1. The average molecular weight is 483 g/mol. The number of hydrogen-bond acceptors (Lipinski definition) is 8. The molecule has 9 heteroatoms. The molecule has 4 rings (SSSR count). The van der Waals surface area contributed by atoms with E-state index in [2.05, 4.69) is 20.1 Å². The highest BCUT2D eigenvalue weighted by atomic mass is 16.5. The highest BCUT2D eigenvalue weighted by molar-refractivity contribution is 5.73. The zero-order chi connectivity index (χ0) is 24.5. The molecule has 0 unspecified atom stereocenters. The molecule has 0 aliphatic carbocycles. The number of nitrogens with zero attached hydrogens (tertiary/aromatic N) is 5. The van der Waals surface area contributed by atoms with Gasteiger partial charge in [0, 0.05) is 76.3 Å². The lowest BCUT2D eigenvalue weighted by molar-refractivity contribution is -0.130. The fourth-order valence-electron chi connectivity index (χ4n) is 4.63. The summed E-state index contributed by atoms with van der Waals surface area (Å²) in [6, 6.07) is 7.75. The van der Waals surface area contributed by atoms with Crippen LogP contribution in [0.1, 0.15) is 31.9 Å². The summed E-state index contributed by atoms with van der Waals surface area (Å²) in [5.74, 6) is 2.16. The molecule has 1 aromatic heterocycles. The lowest BCUT2D eigenvalue weighted by atomic mass is 10.2. The molecule has 2 aliphatic rings. The van der Waals surface area contributed by atoms with Gasteiger partial charge in [0.25, 0.3) is 0 Å². The number of piperazine rings is 1. The first-order valence-corrected chi connectivity index (χ1v) is 12.7. The molecule has 0 atom stereocenters. The number of carbonyl (C=O) groups excluding carboxylic acids is 1. The number of anilines is 2. The minimum Gasteiger partial charge on any atom is -0.493 e. The van der Waals surface area contributed by atoms with Gasteiger partial charge in [0.1, 0.15) is 0 Å². The first kappa shape index (κ1) is 25.2. The largest absolute Gasteiger partial charge is 0.493 e. The quantitative estimate of drug-likeness (QED) is 0.490. The van der Waals surface area contributed by atoms with Gasteiger partial charge in [-0.2, -0.15) is 0 Å². The minimum absolute atomic E-state index is 0.158. The molecule has 1 N–H and O–H groups in total. The Morgan fingerprint density at radius 3 is 2.51 bits per heavy atom. The summed E-state index contributed by atoms with van der Waals surface area (Å²) < 4.78 is 11.5. The number of amides is 1. The van der Waals surface area contributed by atoms with E-state index in [0.717, 1.165) is 75.0 Å². The molecule has 0 spiro atoms. The second-order valence-corrected chi connectivity index (χ2v) is 9.21. The second-order valence-electron chi connectivity index (χ2n) is 9.21. The highest BCUT2D eigenvalue weighted by Gasteiger charge is 2.18. The fourth-order valence-corrected chi connectivity index (χ4v) is 4.63. The highest BCUT2D eigenvalue weighted by Crippen LogP contribution is 2.31. The molecule has 1 amide bonds. The van der Waals surface area contributed by atoms with Gasteiger partial charge >= 0.3 is 0 Å². The number of ether oxygens (including phenoxy) is 2. The Bertz CT molecular complexity index is 958. The van der Waals surface area contributed by atoms with Gasteiger partial charge in [0.05, 0.1) is 13.7 Å². The van der Waals surface area contributed by atoms with E-state index >= 15 is 0 Å². The van der Waals surface area contributed by atoms with Crippen molar-refractivity contribution in [3.05, 3.63) is 36.2 Å². The molecule has 2 fully saturated rings. The van der Waals surface area contributed by atoms with Crippen LogP contribution in [-0.2, 0) is 11.2 Å². The molecule has 3 heterocycles. The fraction of sp³-hybridized carbons (Fsp3) is 0.577. The second kappa shape index (κ2) is 12.7. The Labute approximate surface area is 208 Å². The molecule has 0 bridgehead atoms. The van der Waals surface area contributed by atoms with E-state index in [9.17, 15) is 4.79 Å². The van der Waals surface area contributed by atoms with Crippen LogP contribution in [0.5, 0.6) is 11.5 Å². The van der Waals surface area contributed by atoms with Crippen molar-refractivity contribution in [2.24, 2.45) is 0 Å². The third-order valence-electron chi connectivity index (χ3n) is 6.71. The van der Waals surface area contributed by atoms with Crippen LogP contribution in [0.15, 0.2) is 30.5 Å². The number of benzene rings is 1. The first-order valence-electron chi connectivity index (χ1n) is 12.7. The maximum atomic E-state index is 11.5. The zero-order valence-corrected chi connectivity index (χ0v) is 21.0. The van der Waals surface area contributed by atoms with E-state index in [4.69, 9.17) is 14.5 Å². The third-order valence-corrected chi connectivity index (χ3v) is 6.71. The van der Waals surface area contributed by atoms with E-state index in [1.807, 2.05) is 29.2 Å². The Hall–Kier alpha value is -2.91. The summed E-state index contributed by atoms with van der Waals surface area (Å²) in [6.07, 6.45) is 6.24. The molecular formula is C26H38N6O3. The van der Waals surface area contributed by atoms with Crippen molar-refractivity contribution >= 4 is 17.5 Å². The van der Waals surface area contributed by atoms with Crippen molar-refractivity contribution in [1.29, 1.82) is 0 Å². The number of hydrogen-bond donors (Lipinski definition) is 1. The number of methoxy groups -OCH3 is 1. The van der Waals surface area contributed by atoms with Crippen LogP contribution in [-0.4, -0.2) is 96.6 Å². The van der Waals surface area contributed by atoms with E-state index < -0.39 is 0 Å². The summed E-state index contributed by atoms with van der Waals surface area (Å²) in [5, 5.41) is 3.30. The lowest BCUT2D eigenvalue weighted by Gasteiger charge is -2.34. The first-order chi connectivity index (χ1) is 17.1. The molecule has 0 saturated carbocycles. The van der Waals surface area contributed by atoms with Crippen molar-refractivity contribution in [3.8, 4) is 11.5 Å². The summed E-state index contributed by atoms with van der Waals surface area (Å²) in [5.41, 5.74) is 1.85. The van der Waals surface area contributed by atoms with Gasteiger partial charge in [-0.3, -0.25) is 9.69 Å². The van der Waals surface area contributed by atoms with Crippen LogP contribution in [0.2, 0.25) is 0 Å². The SMILES string of the molecule is COc1ccc(Nc2nccc(CCN3CCN(C(C)=O)CC3)n2)cc1OCCCN1CCCC1. The van der Waals surface area contributed by atoms with Crippen LogP contribution in [0.25, 0.3) is 0 Å². The van der Waals surface area contributed by atoms with Gasteiger partial charge in [0.2, 0.25) is 11.9 Å². The van der Waals surface area contributed by atoms with Gasteiger partial charge in [-0.05, 0) is 50.6 Å². The van der Waals surface area contributed by atoms with E-state index in [1.54, 1.807) is 20.2 Å². The van der Waals surface area contributed by atoms with Crippen molar-refractivity contribution in [3.63, 3.8) is 0 Å². The van der Waals surface area contributed by atoms with Crippen LogP contribution >= 0.6 is 0 Å². The molecule has 2 aromatic rings. The molecule has 2 aliphatic heterocycles. The molecular weight excluding hydrogens is 444 g/mol. The van der Waals surface area contributed by atoms with Gasteiger partial charge in [-0.15, -0.1) is 0 Å². The Morgan fingerprint density at radius 1 is 1.00 bits per heavy atom. The van der Waals surface area contributed by atoms with E-state index in [1.165, 1.54) is 25.9 Å². The maximum absolute atomic E-state index is 11.5. The van der Waals surface area contributed by atoms with Crippen molar-refractivity contribution in [2.75, 3.05) is 71.4 Å². The Morgan fingerprint density at radius 2 is 1.77 bits per heavy atom. The monoisotopic (exact) mass is 482 g/mol. The topological polar surface area (TPSA) is 83.1 Å². The molecule has 2 saturated heterocycles. The maximum Gasteiger partial charge on any atom is 0.227 e. The smallest absolute Gasteiger partial charge is 0.227 e. The predicted molar refractivity (Wildman–Crippen MR) is 136 cm³/mol. The molecule has 0 radical (unpaired) electrons. The normalized spacial score (nSPS) is 16.9. The lowest BCUT2D eigenvalue weighted by Crippen LogP contribution is -2.48. The van der Waals surface area contributed by atoms with Gasteiger partial charge in [-0.1, -0.05) is 0 Å². The standard InChI is InChI=1S/C26H38N6O3/c1-21(33)32-17-15-31(16-18-32)14-9-22-8-10-27-26(28-22)29-23-6-7-24(34-2)25(20-23)35-19-5-13-30-11-3-4-12-30/h6-8,10,20H,3-5,9,11-19H2,1-2H3,(H,27,28,29). The zero-order valence-electron chi connectivity index (χ0n) is 21.0. The number of rotatable bonds is 11. The Kier molecular flexibility index (Phi) is 9.14. The predicted octanol–water partition coefficient (Wildman–Crippen LogP) is 2.80. The van der Waals surface area contributed by atoms with E-state index in [0.29, 0.717) is 12.6 Å². The van der Waals surface area contributed by atoms with Gasteiger partial charge in [0.15, 0.2) is 11.5 Å². The van der Waals surface area contributed by atoms with Gasteiger partial charge < -0.3 is 24.6 Å². The minimum atomic E-state index is 0.158. The van der Waals surface area contributed by atoms with Gasteiger partial charge in [-0.25, -0.2) is 9.97 Å². The summed E-state index contributed by atoms with van der Waals surface area (Å²) in [6.45, 7) is 10.1. The summed E-state index contributed by atoms with van der Waals surface area (Å²) >= 11 is 0. The summed E-state index contributed by atoms with van der Waals surface area (Å²) in [7, 11) is 1.66. The Balaban J connectivity index is 1.28. The van der Waals surface area contributed by atoms with Crippen LogP contribution in [0.4, 0.5) is 11.6 Å². The number of likely N-dealkylation sites (tertiary alicyclic amines) is 1. The van der Waals surface area contributed by atoms with Crippen LogP contribution in [0, 0.1) is 0 Å². The van der Waals surface area contributed by atoms with Crippen molar-refractivity contribution in [2.45, 2.75) is 32.6 Å². The average Bonchev–Trinajstić information content (AvgIpc) is 3.40. The van der Waals surface area contributed by atoms with E-state index in [-0.39, 0.29) is 5.91 Å². The third kappa shape index (κ3) is 7.53. The van der Waals surface area contributed by atoms with Crippen molar-refractivity contribution < 1.29 is 14.3 Å². The van der Waals surface area contributed by atoms with Crippen LogP contribution in [0.3, 0.4) is 0 Å². The van der Waals surface area contributed by atoms with Crippen molar-refractivity contribution in [1.82, 2.24) is 24.7 Å².